The number of fused-ring (bicyclic) bond motifs is 5. The van der Waals surface area contributed by atoms with Crippen molar-refractivity contribution in [3.8, 4) is 0 Å². The summed E-state index contributed by atoms with van der Waals surface area (Å²) in [6, 6.07) is 8.46. The highest BCUT2D eigenvalue weighted by Gasteiger charge is 2.67. The second-order valence-corrected chi connectivity index (χ2v) is 10.7. The zero-order chi connectivity index (χ0) is 22.1. The van der Waals surface area contributed by atoms with Crippen LogP contribution < -0.4 is 11.6 Å². The number of rotatable bonds is 1. The third-order valence-corrected chi connectivity index (χ3v) is 9.50. The number of allylic oxidation sites excluding steroid dienone is 4. The van der Waals surface area contributed by atoms with E-state index in [4.69, 9.17) is 16.3 Å². The van der Waals surface area contributed by atoms with E-state index in [2.05, 4.69) is 24.2 Å². The van der Waals surface area contributed by atoms with Gasteiger partial charge in [0.2, 0.25) is 0 Å². The molecule has 2 unspecified atom stereocenters. The van der Waals surface area contributed by atoms with E-state index in [9.17, 15) is 4.79 Å². The van der Waals surface area contributed by atoms with Gasteiger partial charge < -0.3 is 16.3 Å². The van der Waals surface area contributed by atoms with Crippen molar-refractivity contribution in [2.24, 2.45) is 28.2 Å². The van der Waals surface area contributed by atoms with Crippen molar-refractivity contribution in [3.63, 3.8) is 0 Å². The molecule has 1 saturated heterocycles. The number of benzene rings is 1. The Balaban J connectivity index is 1.54. The molecule has 0 radical (unpaired) electrons. The van der Waals surface area contributed by atoms with Crippen molar-refractivity contribution in [2.45, 2.75) is 69.8 Å². The van der Waals surface area contributed by atoms with Crippen molar-refractivity contribution in [2.75, 3.05) is 12.3 Å². The van der Waals surface area contributed by atoms with E-state index in [0.717, 1.165) is 63.0 Å². The van der Waals surface area contributed by atoms with Gasteiger partial charge in [0.15, 0.2) is 5.78 Å². The summed E-state index contributed by atoms with van der Waals surface area (Å²) >= 11 is 0. The molecule has 1 aromatic carbocycles. The molecule has 0 aromatic heterocycles. The van der Waals surface area contributed by atoms with Crippen LogP contribution in [0.1, 0.15) is 69.8 Å². The summed E-state index contributed by atoms with van der Waals surface area (Å²) in [6.45, 7) is 3.17. The minimum absolute atomic E-state index is 0.00577. The van der Waals surface area contributed by atoms with Gasteiger partial charge in [-0.1, -0.05) is 24.6 Å². The van der Waals surface area contributed by atoms with Crippen LogP contribution in [0.15, 0.2) is 52.2 Å². The lowest BCUT2D eigenvalue weighted by Gasteiger charge is -2.55. The summed E-state index contributed by atoms with van der Waals surface area (Å²) in [7, 11) is 0. The van der Waals surface area contributed by atoms with Gasteiger partial charge in [0.1, 0.15) is 5.60 Å². The fourth-order valence-corrected chi connectivity index (χ4v) is 8.16. The first-order valence-electron chi connectivity index (χ1n) is 12.2. The van der Waals surface area contributed by atoms with Gasteiger partial charge in [-0.2, -0.15) is 5.10 Å². The second-order valence-electron chi connectivity index (χ2n) is 10.7. The summed E-state index contributed by atoms with van der Waals surface area (Å²) in [5.41, 5.74) is 13.3. The maximum absolute atomic E-state index is 12.2. The molecular formula is C27H33N3O2. The van der Waals surface area contributed by atoms with Crippen LogP contribution in [0.2, 0.25) is 0 Å². The number of nitrogen functional groups attached to an aromatic ring is 1. The molecule has 0 amide bonds. The summed E-state index contributed by atoms with van der Waals surface area (Å²) in [6.07, 6.45) is 9.64. The summed E-state index contributed by atoms with van der Waals surface area (Å²) in [5.74, 6) is 7.59. The molecule has 1 spiro atoms. The third kappa shape index (κ3) is 2.60. The standard InChI is InChI=1S/C27H33N3O2/c1-26-15-22(16-2-5-18(28)6-3-16)25-20-9-7-19(31)14-17(20)4-8-21(25)23(26)10-12-27(26)24(30-29)11-13-32-27/h2-3,5-6,14,21-23H,4,7-13,15,28-29H2,1H3/t21?,22-,23?,26+,27-/m1/s1. The lowest BCUT2D eigenvalue weighted by molar-refractivity contribution is -0.114. The molecule has 0 bridgehead atoms. The molecule has 2 saturated carbocycles. The van der Waals surface area contributed by atoms with Gasteiger partial charge in [0.05, 0.1) is 12.3 Å². The van der Waals surface area contributed by atoms with Crippen molar-refractivity contribution in [1.82, 2.24) is 0 Å². The van der Waals surface area contributed by atoms with E-state index >= 15 is 0 Å². The Morgan fingerprint density at radius 2 is 1.91 bits per heavy atom. The van der Waals surface area contributed by atoms with Crippen LogP contribution in [0.5, 0.6) is 0 Å². The van der Waals surface area contributed by atoms with Crippen molar-refractivity contribution >= 4 is 17.2 Å². The minimum Gasteiger partial charge on any atom is -0.399 e. The number of carbonyl (C=O) groups is 1. The fourth-order valence-electron chi connectivity index (χ4n) is 8.16. The minimum atomic E-state index is -0.326. The zero-order valence-corrected chi connectivity index (χ0v) is 18.9. The maximum atomic E-state index is 12.2. The Morgan fingerprint density at radius 1 is 1.09 bits per heavy atom. The number of nitrogens with zero attached hydrogens (tertiary/aromatic N) is 1. The molecule has 5 nitrogen and oxygen atoms in total. The number of hydrazone groups is 1. The molecule has 4 aliphatic carbocycles. The number of carbonyl (C=O) groups excluding carboxylic acids is 1. The first-order chi connectivity index (χ1) is 15.5. The quantitative estimate of drug-likeness (QED) is 0.385. The smallest absolute Gasteiger partial charge is 0.156 e. The molecule has 4 N–H and O–H groups in total. The second kappa shape index (κ2) is 7.05. The molecule has 1 heterocycles. The normalized spacial score (nSPS) is 39.8. The van der Waals surface area contributed by atoms with E-state index in [-0.39, 0.29) is 16.8 Å². The fraction of sp³-hybridized carbons (Fsp3) is 0.556. The molecule has 3 fully saturated rings. The zero-order valence-electron chi connectivity index (χ0n) is 18.9. The number of ketones is 1. The topological polar surface area (TPSA) is 90.7 Å². The van der Waals surface area contributed by atoms with Crippen LogP contribution >= 0.6 is 0 Å². The average molecular weight is 432 g/mol. The highest BCUT2D eigenvalue weighted by Crippen LogP contribution is 2.68. The highest BCUT2D eigenvalue weighted by molar-refractivity contribution is 5.95. The summed E-state index contributed by atoms with van der Waals surface area (Å²) in [4.78, 5) is 12.2. The van der Waals surface area contributed by atoms with Gasteiger partial charge in [-0.3, -0.25) is 4.79 Å². The number of hydrogen-bond acceptors (Lipinski definition) is 5. The predicted octanol–water partition coefficient (Wildman–Crippen LogP) is 4.64. The van der Waals surface area contributed by atoms with Crippen molar-refractivity contribution in [3.05, 3.63) is 52.6 Å². The van der Waals surface area contributed by atoms with Gasteiger partial charge in [-0.05, 0) is 85.3 Å². The molecule has 5 heteroatoms. The molecule has 5 aliphatic rings. The van der Waals surface area contributed by atoms with Gasteiger partial charge in [0.25, 0.3) is 0 Å². The predicted molar refractivity (Wildman–Crippen MR) is 126 cm³/mol. The maximum Gasteiger partial charge on any atom is 0.156 e. The largest absolute Gasteiger partial charge is 0.399 e. The van der Waals surface area contributed by atoms with Crippen molar-refractivity contribution in [1.29, 1.82) is 0 Å². The molecular weight excluding hydrogens is 398 g/mol. The van der Waals surface area contributed by atoms with E-state index < -0.39 is 0 Å². The van der Waals surface area contributed by atoms with Crippen LogP contribution in [0.25, 0.3) is 0 Å². The lowest BCUT2D eigenvalue weighted by Crippen LogP contribution is -2.54. The van der Waals surface area contributed by atoms with E-state index in [0.29, 0.717) is 24.2 Å². The number of ether oxygens (including phenoxy) is 1. The molecule has 1 aromatic rings. The molecule has 168 valence electrons. The lowest BCUT2D eigenvalue weighted by atomic mass is 9.50. The SMILES string of the molecule is C[C@]12C[C@H](c3ccc(N)cc3)C3=C4CCC(=O)C=C4CCC3C1CC[C@]21OCCC1=NN. The molecule has 1 aliphatic heterocycles. The van der Waals surface area contributed by atoms with Crippen LogP contribution in [-0.2, 0) is 9.53 Å². The van der Waals surface area contributed by atoms with Gasteiger partial charge >= 0.3 is 0 Å². The first kappa shape index (κ1) is 20.2. The average Bonchev–Trinajstić information content (AvgIpc) is 3.35. The number of hydrogen-bond donors (Lipinski definition) is 2. The Kier molecular flexibility index (Phi) is 4.45. The van der Waals surface area contributed by atoms with Gasteiger partial charge in [-0.25, -0.2) is 0 Å². The Labute approximate surface area is 190 Å². The molecule has 5 atom stereocenters. The van der Waals surface area contributed by atoms with Crippen LogP contribution in [0, 0.1) is 17.3 Å². The highest BCUT2D eigenvalue weighted by atomic mass is 16.5. The van der Waals surface area contributed by atoms with Crippen LogP contribution in [0.3, 0.4) is 0 Å². The van der Waals surface area contributed by atoms with Crippen molar-refractivity contribution < 1.29 is 9.53 Å². The van der Waals surface area contributed by atoms with Gasteiger partial charge in [0, 0.05) is 29.9 Å². The van der Waals surface area contributed by atoms with E-state index in [1.165, 1.54) is 16.7 Å². The third-order valence-electron chi connectivity index (χ3n) is 9.50. The number of nitrogens with two attached hydrogens (primary N) is 2. The molecule has 32 heavy (non-hydrogen) atoms. The Morgan fingerprint density at radius 3 is 2.69 bits per heavy atom. The monoisotopic (exact) mass is 431 g/mol. The van der Waals surface area contributed by atoms with Crippen LogP contribution in [0.4, 0.5) is 5.69 Å². The number of anilines is 1. The van der Waals surface area contributed by atoms with E-state index in [1.54, 1.807) is 5.57 Å². The summed E-state index contributed by atoms with van der Waals surface area (Å²) in [5, 5.41) is 4.26. The Hall–Kier alpha value is -2.40. The summed E-state index contributed by atoms with van der Waals surface area (Å²) < 4.78 is 6.58. The van der Waals surface area contributed by atoms with E-state index in [1.807, 2.05) is 18.2 Å². The molecule has 6 rings (SSSR count). The first-order valence-corrected chi connectivity index (χ1v) is 12.2. The van der Waals surface area contributed by atoms with Gasteiger partial charge in [-0.15, -0.1) is 0 Å². The Bertz CT molecular complexity index is 1070. The van der Waals surface area contributed by atoms with Crippen LogP contribution in [-0.4, -0.2) is 23.7 Å².